The van der Waals surface area contributed by atoms with E-state index >= 15 is 0 Å². The Labute approximate surface area is 115 Å². The molecule has 19 heavy (non-hydrogen) atoms. The Hall–Kier alpha value is -2.14. The maximum atomic E-state index is 4.48. The van der Waals surface area contributed by atoms with E-state index < -0.39 is 0 Å². The van der Waals surface area contributed by atoms with Gasteiger partial charge in [-0.3, -0.25) is 9.83 Å². The molecule has 0 saturated heterocycles. The number of para-hydroxylation sites is 1. The van der Waals surface area contributed by atoms with E-state index in [4.69, 9.17) is 0 Å². The van der Waals surface area contributed by atoms with Crippen LogP contribution in [0.3, 0.4) is 0 Å². The van der Waals surface area contributed by atoms with E-state index in [2.05, 4.69) is 28.5 Å². The van der Waals surface area contributed by atoms with E-state index in [-0.39, 0.29) is 0 Å². The van der Waals surface area contributed by atoms with E-state index in [9.17, 15) is 0 Å². The summed E-state index contributed by atoms with van der Waals surface area (Å²) in [6.45, 7) is 4.05. The van der Waals surface area contributed by atoms with Crippen LogP contribution < -0.4 is 5.43 Å². The highest BCUT2D eigenvalue weighted by Crippen LogP contribution is 2.16. The van der Waals surface area contributed by atoms with Gasteiger partial charge in [-0.15, -0.1) is 11.3 Å². The minimum absolute atomic E-state index is 0.988. The van der Waals surface area contributed by atoms with E-state index in [1.807, 2.05) is 47.3 Å². The van der Waals surface area contributed by atoms with Crippen LogP contribution in [0.15, 0.2) is 40.9 Å². The molecule has 0 bridgehead atoms. The first-order valence-electron chi connectivity index (χ1n) is 6.02. The summed E-state index contributed by atoms with van der Waals surface area (Å²) in [5.74, 6) is 0. The molecule has 3 aromatic rings. The number of thiazole rings is 1. The first-order chi connectivity index (χ1) is 9.25. The van der Waals surface area contributed by atoms with Crippen LogP contribution >= 0.6 is 11.3 Å². The number of nitrogens with one attached hydrogen (secondary N) is 1. The monoisotopic (exact) mass is 270 g/mol. The van der Waals surface area contributed by atoms with Crippen molar-refractivity contribution in [3.63, 3.8) is 0 Å². The van der Waals surface area contributed by atoms with Crippen LogP contribution in [-0.4, -0.2) is 15.6 Å². The number of aryl methyl sites for hydroxylation is 2. The molecule has 0 aliphatic carbocycles. The van der Waals surface area contributed by atoms with Crippen LogP contribution in [0.1, 0.15) is 17.0 Å². The molecule has 0 atom stereocenters. The maximum absolute atomic E-state index is 4.48. The molecule has 0 fully saturated rings. The van der Waals surface area contributed by atoms with Gasteiger partial charge in [-0.2, -0.15) is 5.10 Å². The molecule has 0 saturated carbocycles. The van der Waals surface area contributed by atoms with Gasteiger partial charge in [0.05, 0.1) is 23.3 Å². The zero-order valence-corrected chi connectivity index (χ0v) is 11.6. The highest BCUT2D eigenvalue weighted by molar-refractivity contribution is 7.15. The molecule has 3 rings (SSSR count). The Morgan fingerprint density at radius 2 is 2.16 bits per heavy atom. The zero-order chi connectivity index (χ0) is 13.2. The largest absolute Gasteiger partial charge is 0.289 e. The zero-order valence-electron chi connectivity index (χ0n) is 10.8. The lowest BCUT2D eigenvalue weighted by molar-refractivity contribution is 1.19. The first-order valence-corrected chi connectivity index (χ1v) is 6.90. The van der Waals surface area contributed by atoms with Crippen LogP contribution in [0.5, 0.6) is 0 Å². The fourth-order valence-corrected chi connectivity index (χ4v) is 2.69. The fourth-order valence-electron chi connectivity index (χ4n) is 1.93. The standard InChI is InChI=1S/C14H14N4S/c1-10-5-3-4-6-12(10)17-15-9-13-11(2)16-14-18(13)7-8-19-14/h3-9,17H,1-2H3. The van der Waals surface area contributed by atoms with Crippen molar-refractivity contribution in [2.75, 3.05) is 5.43 Å². The summed E-state index contributed by atoms with van der Waals surface area (Å²) in [6, 6.07) is 8.07. The van der Waals surface area contributed by atoms with Crippen LogP contribution in [0, 0.1) is 13.8 Å². The number of benzene rings is 1. The van der Waals surface area contributed by atoms with Gasteiger partial charge in [0.15, 0.2) is 4.96 Å². The summed E-state index contributed by atoms with van der Waals surface area (Å²) in [5.41, 5.74) is 7.25. The number of aromatic nitrogens is 2. The maximum Gasteiger partial charge on any atom is 0.194 e. The van der Waals surface area contributed by atoms with Crippen molar-refractivity contribution in [3.8, 4) is 0 Å². The smallest absolute Gasteiger partial charge is 0.194 e. The van der Waals surface area contributed by atoms with Crippen molar-refractivity contribution < 1.29 is 0 Å². The van der Waals surface area contributed by atoms with Gasteiger partial charge in [-0.1, -0.05) is 18.2 Å². The Kier molecular flexibility index (Phi) is 3.05. The lowest BCUT2D eigenvalue weighted by atomic mass is 10.2. The Bertz CT molecular complexity index is 739. The second-order valence-corrected chi connectivity index (χ2v) is 5.20. The normalized spacial score (nSPS) is 11.5. The quantitative estimate of drug-likeness (QED) is 0.585. The number of nitrogens with zero attached hydrogens (tertiary/aromatic N) is 3. The molecule has 0 spiro atoms. The van der Waals surface area contributed by atoms with E-state index in [0.29, 0.717) is 0 Å². The van der Waals surface area contributed by atoms with Gasteiger partial charge < -0.3 is 0 Å². The van der Waals surface area contributed by atoms with E-state index in [1.54, 1.807) is 11.3 Å². The first kappa shape index (κ1) is 11.9. The lowest BCUT2D eigenvalue weighted by Crippen LogP contribution is -1.96. The number of fused-ring (bicyclic) bond motifs is 1. The molecule has 0 unspecified atom stereocenters. The van der Waals surface area contributed by atoms with Crippen molar-refractivity contribution in [2.24, 2.45) is 5.10 Å². The predicted octanol–water partition coefficient (Wildman–Crippen LogP) is 3.46. The summed E-state index contributed by atoms with van der Waals surface area (Å²) < 4.78 is 2.04. The number of hydrogen-bond acceptors (Lipinski definition) is 4. The van der Waals surface area contributed by atoms with E-state index in [1.165, 1.54) is 5.56 Å². The summed E-state index contributed by atoms with van der Waals surface area (Å²) in [6.07, 6.45) is 3.82. The third-order valence-electron chi connectivity index (χ3n) is 3.00. The molecule has 1 aromatic carbocycles. The molecule has 2 aromatic heterocycles. The van der Waals surface area contributed by atoms with Gasteiger partial charge in [0, 0.05) is 11.6 Å². The van der Waals surface area contributed by atoms with Crippen molar-refractivity contribution in [3.05, 3.63) is 52.8 Å². The van der Waals surface area contributed by atoms with Crippen LogP contribution in [0.4, 0.5) is 5.69 Å². The second-order valence-electron chi connectivity index (χ2n) is 4.32. The summed E-state index contributed by atoms with van der Waals surface area (Å²) in [7, 11) is 0. The van der Waals surface area contributed by atoms with Crippen LogP contribution in [0.2, 0.25) is 0 Å². The molecular weight excluding hydrogens is 256 g/mol. The van der Waals surface area contributed by atoms with Crippen molar-refractivity contribution in [1.82, 2.24) is 9.38 Å². The average molecular weight is 270 g/mol. The number of anilines is 1. The van der Waals surface area contributed by atoms with Crippen LogP contribution in [-0.2, 0) is 0 Å². The summed E-state index contributed by atoms with van der Waals surface area (Å²) in [4.78, 5) is 5.47. The predicted molar refractivity (Wildman–Crippen MR) is 80.2 cm³/mol. The summed E-state index contributed by atoms with van der Waals surface area (Å²) >= 11 is 1.62. The molecule has 0 radical (unpaired) electrons. The second kappa shape index (κ2) is 4.85. The van der Waals surface area contributed by atoms with Crippen molar-refractivity contribution in [1.29, 1.82) is 0 Å². The van der Waals surface area contributed by atoms with Gasteiger partial charge in [0.1, 0.15) is 0 Å². The number of rotatable bonds is 3. The minimum Gasteiger partial charge on any atom is -0.289 e. The Balaban J connectivity index is 1.85. The van der Waals surface area contributed by atoms with E-state index in [0.717, 1.165) is 22.0 Å². The Morgan fingerprint density at radius 1 is 1.32 bits per heavy atom. The lowest BCUT2D eigenvalue weighted by Gasteiger charge is -2.03. The SMILES string of the molecule is Cc1ccccc1NN=Cc1c(C)nc2sccn12. The topological polar surface area (TPSA) is 41.7 Å². The highest BCUT2D eigenvalue weighted by Gasteiger charge is 2.06. The van der Waals surface area contributed by atoms with Gasteiger partial charge >= 0.3 is 0 Å². The number of imidazole rings is 1. The molecule has 0 aliphatic heterocycles. The van der Waals surface area contributed by atoms with Crippen molar-refractivity contribution >= 4 is 28.2 Å². The summed E-state index contributed by atoms with van der Waals surface area (Å²) in [5, 5.41) is 6.33. The fraction of sp³-hybridized carbons (Fsp3) is 0.143. The van der Waals surface area contributed by atoms with Gasteiger partial charge in [-0.25, -0.2) is 4.98 Å². The Morgan fingerprint density at radius 3 is 3.00 bits per heavy atom. The van der Waals surface area contributed by atoms with Crippen LogP contribution in [0.25, 0.3) is 4.96 Å². The van der Waals surface area contributed by atoms with Crippen molar-refractivity contribution in [2.45, 2.75) is 13.8 Å². The minimum atomic E-state index is 0.988. The van der Waals surface area contributed by atoms with Gasteiger partial charge in [-0.05, 0) is 25.5 Å². The number of hydrazone groups is 1. The molecule has 0 aliphatic rings. The molecule has 1 N–H and O–H groups in total. The third kappa shape index (κ3) is 2.24. The third-order valence-corrected chi connectivity index (χ3v) is 3.76. The molecule has 0 amide bonds. The van der Waals surface area contributed by atoms with Gasteiger partial charge in [0.25, 0.3) is 0 Å². The molecule has 2 heterocycles. The molecule has 4 nitrogen and oxygen atoms in total. The number of hydrogen-bond donors (Lipinski definition) is 1. The molecular formula is C14H14N4S. The van der Waals surface area contributed by atoms with Gasteiger partial charge in [0.2, 0.25) is 0 Å². The highest BCUT2D eigenvalue weighted by atomic mass is 32.1. The molecule has 5 heteroatoms. The average Bonchev–Trinajstić information content (AvgIpc) is 2.94. The molecule has 96 valence electrons.